The molecule has 2 aromatic heterocycles. The summed E-state index contributed by atoms with van der Waals surface area (Å²) >= 11 is 1.44. The number of fused-ring (bicyclic) bond motifs is 1. The third-order valence-corrected chi connectivity index (χ3v) is 6.44. The average molecular weight is 447 g/mol. The Morgan fingerprint density at radius 2 is 1.59 bits per heavy atom. The molecule has 0 aliphatic carbocycles. The third-order valence-electron chi connectivity index (χ3n) is 5.52. The summed E-state index contributed by atoms with van der Waals surface area (Å²) in [6, 6.07) is 21.4. The van der Waals surface area contributed by atoms with Gasteiger partial charge in [0.25, 0.3) is 5.91 Å². The van der Waals surface area contributed by atoms with E-state index in [0.717, 1.165) is 21.9 Å². The van der Waals surface area contributed by atoms with Crippen LogP contribution in [0.5, 0.6) is 0 Å². The summed E-state index contributed by atoms with van der Waals surface area (Å²) in [5, 5.41) is 0.789. The minimum absolute atomic E-state index is 0.0479. The zero-order chi connectivity index (χ0) is 21.9. The van der Waals surface area contributed by atoms with Gasteiger partial charge in [-0.3, -0.25) is 14.2 Å². The van der Waals surface area contributed by atoms with Crippen LogP contribution in [-0.2, 0) is 4.79 Å². The van der Waals surface area contributed by atoms with Gasteiger partial charge in [0.05, 0.1) is 23.0 Å². The summed E-state index contributed by atoms with van der Waals surface area (Å²) in [7, 11) is 0. The van der Waals surface area contributed by atoms with Crippen molar-refractivity contribution in [2.24, 2.45) is 0 Å². The van der Waals surface area contributed by atoms with Crippen LogP contribution in [0.1, 0.15) is 10.6 Å². The number of rotatable bonds is 5. The number of piperazine rings is 1. The number of carbonyl (C=O) groups is 2. The number of aromatic nitrogens is 2. The number of furan rings is 1. The van der Waals surface area contributed by atoms with Gasteiger partial charge < -0.3 is 14.2 Å². The molecule has 3 heterocycles. The van der Waals surface area contributed by atoms with Crippen molar-refractivity contribution in [3.8, 4) is 5.69 Å². The van der Waals surface area contributed by atoms with Gasteiger partial charge in [-0.05, 0) is 36.4 Å². The lowest BCUT2D eigenvalue weighted by atomic mass is 10.3. The van der Waals surface area contributed by atoms with Gasteiger partial charge in [-0.1, -0.05) is 42.1 Å². The number of hydrogen-bond acceptors (Lipinski definition) is 5. The van der Waals surface area contributed by atoms with Gasteiger partial charge in [-0.15, -0.1) is 0 Å². The summed E-state index contributed by atoms with van der Waals surface area (Å²) in [4.78, 5) is 33.6. The van der Waals surface area contributed by atoms with Gasteiger partial charge in [0.15, 0.2) is 10.9 Å². The minimum Gasteiger partial charge on any atom is -0.459 e. The van der Waals surface area contributed by atoms with Crippen molar-refractivity contribution in [3.05, 3.63) is 78.8 Å². The van der Waals surface area contributed by atoms with Crippen molar-refractivity contribution >= 4 is 34.6 Å². The highest BCUT2D eigenvalue weighted by atomic mass is 32.2. The molecule has 8 heteroatoms. The highest BCUT2D eigenvalue weighted by Crippen LogP contribution is 2.28. The van der Waals surface area contributed by atoms with Crippen LogP contribution in [0.4, 0.5) is 0 Å². The van der Waals surface area contributed by atoms with E-state index < -0.39 is 0 Å². The molecule has 7 nitrogen and oxygen atoms in total. The van der Waals surface area contributed by atoms with Gasteiger partial charge in [-0.25, -0.2) is 4.98 Å². The molecular formula is C24H22N4O3S. The largest absolute Gasteiger partial charge is 0.459 e. The maximum absolute atomic E-state index is 12.9. The number of nitrogens with zero attached hydrogens (tertiary/aromatic N) is 4. The first-order chi connectivity index (χ1) is 15.7. The molecule has 1 fully saturated rings. The van der Waals surface area contributed by atoms with Crippen molar-refractivity contribution < 1.29 is 14.0 Å². The van der Waals surface area contributed by atoms with E-state index in [9.17, 15) is 9.59 Å². The number of para-hydroxylation sites is 3. The molecular weight excluding hydrogens is 424 g/mol. The smallest absolute Gasteiger partial charge is 0.289 e. The first kappa shape index (κ1) is 20.4. The lowest BCUT2D eigenvalue weighted by molar-refractivity contribution is -0.129. The summed E-state index contributed by atoms with van der Waals surface area (Å²) in [5.41, 5.74) is 2.93. The molecule has 1 aliphatic rings. The van der Waals surface area contributed by atoms with Crippen molar-refractivity contribution in [1.82, 2.24) is 19.4 Å². The second-order valence-corrected chi connectivity index (χ2v) is 8.44. The topological polar surface area (TPSA) is 71.6 Å². The zero-order valence-corrected chi connectivity index (χ0v) is 18.2. The highest BCUT2D eigenvalue weighted by molar-refractivity contribution is 7.99. The number of thioether (sulfide) groups is 1. The van der Waals surface area contributed by atoms with Crippen LogP contribution >= 0.6 is 11.8 Å². The van der Waals surface area contributed by atoms with Crippen LogP contribution in [0.2, 0.25) is 0 Å². The van der Waals surface area contributed by atoms with Gasteiger partial charge in [0.1, 0.15) is 0 Å². The molecule has 0 radical (unpaired) electrons. The van der Waals surface area contributed by atoms with E-state index in [4.69, 9.17) is 9.40 Å². The Balaban J connectivity index is 1.26. The molecule has 5 rings (SSSR count). The molecule has 1 saturated heterocycles. The van der Waals surface area contributed by atoms with Crippen molar-refractivity contribution in [3.63, 3.8) is 0 Å². The van der Waals surface area contributed by atoms with E-state index in [1.54, 1.807) is 17.0 Å². The number of amides is 2. The number of hydrogen-bond donors (Lipinski definition) is 0. The van der Waals surface area contributed by atoms with E-state index in [1.165, 1.54) is 18.0 Å². The van der Waals surface area contributed by atoms with Crippen LogP contribution in [-0.4, -0.2) is 63.1 Å². The highest BCUT2D eigenvalue weighted by Gasteiger charge is 2.26. The van der Waals surface area contributed by atoms with Crippen LogP contribution < -0.4 is 0 Å². The van der Waals surface area contributed by atoms with E-state index >= 15 is 0 Å². The predicted octanol–water partition coefficient (Wildman–Crippen LogP) is 3.70. The number of benzene rings is 2. The summed E-state index contributed by atoms with van der Waals surface area (Å²) in [5.74, 6) is 0.544. The molecule has 2 aromatic carbocycles. The Morgan fingerprint density at radius 1 is 0.875 bits per heavy atom. The van der Waals surface area contributed by atoms with Crippen molar-refractivity contribution in [2.45, 2.75) is 5.16 Å². The van der Waals surface area contributed by atoms with Crippen LogP contribution in [0, 0.1) is 0 Å². The Hall–Kier alpha value is -3.52. The van der Waals surface area contributed by atoms with Crippen molar-refractivity contribution in [1.29, 1.82) is 0 Å². The van der Waals surface area contributed by atoms with E-state index in [-0.39, 0.29) is 11.8 Å². The molecule has 162 valence electrons. The fraction of sp³-hybridized carbons (Fsp3) is 0.208. The molecule has 0 spiro atoms. The van der Waals surface area contributed by atoms with E-state index in [0.29, 0.717) is 37.7 Å². The third kappa shape index (κ3) is 4.01. The Morgan fingerprint density at radius 3 is 2.34 bits per heavy atom. The first-order valence-corrected chi connectivity index (χ1v) is 11.5. The zero-order valence-electron chi connectivity index (χ0n) is 17.4. The maximum Gasteiger partial charge on any atom is 0.289 e. The lowest BCUT2D eigenvalue weighted by Gasteiger charge is -2.34. The van der Waals surface area contributed by atoms with Gasteiger partial charge in [-0.2, -0.15) is 0 Å². The number of carbonyl (C=O) groups excluding carboxylic acids is 2. The fourth-order valence-corrected chi connectivity index (χ4v) is 4.79. The van der Waals surface area contributed by atoms with Crippen LogP contribution in [0.25, 0.3) is 16.7 Å². The van der Waals surface area contributed by atoms with Crippen LogP contribution in [0.15, 0.2) is 82.6 Å². The van der Waals surface area contributed by atoms with E-state index in [1.807, 2.05) is 59.5 Å². The Bertz CT molecular complexity index is 1230. The summed E-state index contributed by atoms with van der Waals surface area (Å²) in [6.07, 6.45) is 1.49. The maximum atomic E-state index is 12.9. The average Bonchev–Trinajstić information content (AvgIpc) is 3.51. The second kappa shape index (κ2) is 8.92. The summed E-state index contributed by atoms with van der Waals surface area (Å²) < 4.78 is 7.29. The molecule has 4 aromatic rings. The molecule has 1 aliphatic heterocycles. The molecule has 0 unspecified atom stereocenters. The minimum atomic E-state index is -0.131. The van der Waals surface area contributed by atoms with E-state index in [2.05, 4.69) is 4.57 Å². The predicted molar refractivity (Wildman–Crippen MR) is 123 cm³/mol. The SMILES string of the molecule is O=C(CSc1nc2ccccc2n1-c1ccccc1)N1CCN(C(=O)c2ccco2)CC1. The fourth-order valence-electron chi connectivity index (χ4n) is 3.86. The monoisotopic (exact) mass is 446 g/mol. The first-order valence-electron chi connectivity index (χ1n) is 10.5. The Labute approximate surface area is 189 Å². The quantitative estimate of drug-likeness (QED) is 0.437. The van der Waals surface area contributed by atoms with Gasteiger partial charge in [0.2, 0.25) is 5.91 Å². The van der Waals surface area contributed by atoms with Crippen molar-refractivity contribution in [2.75, 3.05) is 31.9 Å². The standard InChI is InChI=1S/C24H22N4O3S/c29-22(26-12-14-27(15-13-26)23(30)21-11-6-16-31-21)17-32-24-25-19-9-4-5-10-20(19)28(24)18-7-2-1-3-8-18/h1-11,16H,12-15,17H2. The Kier molecular flexibility index (Phi) is 5.68. The normalized spacial score (nSPS) is 14.1. The molecule has 0 N–H and O–H groups in total. The molecule has 32 heavy (non-hydrogen) atoms. The lowest BCUT2D eigenvalue weighted by Crippen LogP contribution is -2.51. The molecule has 2 amide bonds. The van der Waals surface area contributed by atoms with Crippen LogP contribution in [0.3, 0.4) is 0 Å². The van der Waals surface area contributed by atoms with Gasteiger partial charge in [0, 0.05) is 31.9 Å². The second-order valence-electron chi connectivity index (χ2n) is 7.49. The molecule has 0 atom stereocenters. The van der Waals surface area contributed by atoms with Gasteiger partial charge >= 0.3 is 0 Å². The number of imidazole rings is 1. The summed E-state index contributed by atoms with van der Waals surface area (Å²) in [6.45, 7) is 2.03. The molecule has 0 saturated carbocycles. The molecule has 0 bridgehead atoms.